The second kappa shape index (κ2) is 9.84. The molecule has 182 valence electrons. The summed E-state index contributed by atoms with van der Waals surface area (Å²) in [7, 11) is 4.84. The Balaban J connectivity index is 1.71. The Morgan fingerprint density at radius 2 is 1.91 bits per heavy atom. The molecule has 0 saturated carbocycles. The molecule has 2 amide bonds. The van der Waals surface area contributed by atoms with Crippen LogP contribution in [0.15, 0.2) is 60.0 Å². The molecule has 1 atom stereocenters. The highest BCUT2D eigenvalue weighted by Crippen LogP contribution is 2.30. The second-order valence-electron chi connectivity index (χ2n) is 7.93. The number of nitrogens with zero attached hydrogens (tertiary/aromatic N) is 5. The number of aryl methyl sites for hydroxylation is 1. The molecule has 3 aromatic rings. The average Bonchev–Trinajstić information content (AvgIpc) is 3.49. The van der Waals surface area contributed by atoms with Crippen molar-refractivity contribution in [2.45, 2.75) is 19.0 Å². The number of hydrazone groups is 1. The van der Waals surface area contributed by atoms with Crippen LogP contribution in [-0.4, -0.2) is 47.6 Å². The number of anilines is 2. The van der Waals surface area contributed by atoms with Crippen LogP contribution < -0.4 is 25.1 Å². The lowest BCUT2D eigenvalue weighted by Gasteiger charge is -2.22. The van der Waals surface area contributed by atoms with Crippen molar-refractivity contribution in [3.8, 4) is 11.5 Å². The minimum absolute atomic E-state index is 0.00243. The van der Waals surface area contributed by atoms with E-state index in [-0.39, 0.29) is 18.7 Å². The number of aromatic nitrogens is 2. The van der Waals surface area contributed by atoms with E-state index in [9.17, 15) is 14.0 Å². The van der Waals surface area contributed by atoms with Gasteiger partial charge >= 0.3 is 0 Å². The highest BCUT2D eigenvalue weighted by atomic mass is 19.1. The van der Waals surface area contributed by atoms with Crippen molar-refractivity contribution in [3.63, 3.8) is 0 Å². The molecule has 0 radical (unpaired) electrons. The van der Waals surface area contributed by atoms with Crippen molar-refractivity contribution in [2.75, 3.05) is 24.1 Å². The van der Waals surface area contributed by atoms with Gasteiger partial charge in [-0.2, -0.15) is 10.2 Å². The maximum atomic E-state index is 13.8. The van der Waals surface area contributed by atoms with Crippen molar-refractivity contribution < 1.29 is 23.5 Å². The van der Waals surface area contributed by atoms with Crippen LogP contribution in [-0.2, 0) is 23.2 Å². The number of carbonyl (C=O) groups excluding carboxylic acids is 2. The fourth-order valence-electron chi connectivity index (χ4n) is 3.85. The molecule has 0 bridgehead atoms. The molecular weight excluding hydrogens is 455 g/mol. The minimum Gasteiger partial charge on any atom is -0.497 e. The van der Waals surface area contributed by atoms with Crippen LogP contribution in [0.3, 0.4) is 0 Å². The van der Waals surface area contributed by atoms with Crippen LogP contribution in [0, 0.1) is 5.82 Å². The number of amides is 2. The molecule has 0 saturated heterocycles. The third kappa shape index (κ3) is 4.93. The molecule has 10 nitrogen and oxygen atoms in total. The predicted molar refractivity (Wildman–Crippen MR) is 128 cm³/mol. The Morgan fingerprint density at radius 1 is 1.17 bits per heavy atom. The molecule has 11 heteroatoms. The summed E-state index contributed by atoms with van der Waals surface area (Å²) in [6.45, 7) is 0.127. The first-order chi connectivity index (χ1) is 16.8. The summed E-state index contributed by atoms with van der Waals surface area (Å²) >= 11 is 0. The number of rotatable bonds is 8. The van der Waals surface area contributed by atoms with Crippen LogP contribution in [0.5, 0.6) is 11.5 Å². The predicted octanol–water partition coefficient (Wildman–Crippen LogP) is 2.23. The molecule has 0 aliphatic carbocycles. The van der Waals surface area contributed by atoms with E-state index in [0.29, 0.717) is 28.4 Å². The monoisotopic (exact) mass is 480 g/mol. The lowest BCUT2D eigenvalue weighted by atomic mass is 10.1. The van der Waals surface area contributed by atoms with Crippen LogP contribution in [0.1, 0.15) is 12.0 Å². The second-order valence-corrected chi connectivity index (χ2v) is 7.93. The first-order valence-electron chi connectivity index (χ1n) is 10.7. The Bertz CT molecular complexity index is 1270. The largest absolute Gasteiger partial charge is 0.497 e. The molecule has 35 heavy (non-hydrogen) atoms. The van der Waals surface area contributed by atoms with Gasteiger partial charge in [0, 0.05) is 25.2 Å². The fourth-order valence-corrected chi connectivity index (χ4v) is 3.85. The van der Waals surface area contributed by atoms with Gasteiger partial charge in [0.05, 0.1) is 38.3 Å². The maximum Gasteiger partial charge on any atom is 0.274 e. The maximum absolute atomic E-state index is 13.8. The van der Waals surface area contributed by atoms with Gasteiger partial charge in [-0.05, 0) is 42.5 Å². The Labute approximate surface area is 201 Å². The third-order valence-electron chi connectivity index (χ3n) is 5.64. The lowest BCUT2D eigenvalue weighted by molar-refractivity contribution is -0.119. The van der Waals surface area contributed by atoms with Gasteiger partial charge in [0.2, 0.25) is 5.91 Å². The topological polar surface area (TPSA) is 115 Å². The standard InChI is InChI=1S/C24H25FN6O4/c1-29-14-18(12-27-29)30(13-15-10-19(34-2)8-9-22(15)35-3)24(33)20-11-21(23(26)32)31(28-20)17-6-4-16(25)5-7-17/h4-10,12,14,21H,11,13H2,1-3H3,(H2,26,32). The van der Waals surface area contributed by atoms with E-state index < -0.39 is 23.7 Å². The van der Waals surface area contributed by atoms with E-state index in [1.165, 1.54) is 34.2 Å². The van der Waals surface area contributed by atoms with Gasteiger partial charge in [-0.1, -0.05) is 0 Å². The molecule has 1 aliphatic rings. The first-order valence-corrected chi connectivity index (χ1v) is 10.7. The van der Waals surface area contributed by atoms with Gasteiger partial charge in [-0.3, -0.25) is 24.2 Å². The number of hydrogen-bond acceptors (Lipinski definition) is 7. The summed E-state index contributed by atoms with van der Waals surface area (Å²) in [5, 5.41) is 9.95. The van der Waals surface area contributed by atoms with E-state index >= 15 is 0 Å². The zero-order valence-electron chi connectivity index (χ0n) is 19.5. The summed E-state index contributed by atoms with van der Waals surface area (Å²) in [5.74, 6) is -0.335. The molecule has 1 aromatic heterocycles. The Hall–Kier alpha value is -4.41. The molecule has 0 spiro atoms. The number of primary amides is 1. The Morgan fingerprint density at radius 3 is 2.51 bits per heavy atom. The van der Waals surface area contributed by atoms with Gasteiger partial charge in [0.1, 0.15) is 29.1 Å². The number of carbonyl (C=O) groups is 2. The summed E-state index contributed by atoms with van der Waals surface area (Å²) in [6.07, 6.45) is 3.25. The number of nitrogens with two attached hydrogens (primary N) is 1. The molecule has 0 fully saturated rings. The average molecular weight is 481 g/mol. The number of ether oxygens (including phenoxy) is 2. The minimum atomic E-state index is -0.887. The van der Waals surface area contributed by atoms with E-state index in [4.69, 9.17) is 15.2 Å². The van der Waals surface area contributed by atoms with Gasteiger partial charge < -0.3 is 15.2 Å². The molecule has 2 aromatic carbocycles. The highest BCUT2D eigenvalue weighted by Gasteiger charge is 2.37. The zero-order valence-corrected chi connectivity index (χ0v) is 19.5. The van der Waals surface area contributed by atoms with Gasteiger partial charge in [0.25, 0.3) is 5.91 Å². The summed E-state index contributed by atoms with van der Waals surface area (Å²) in [5.41, 5.74) is 7.41. The van der Waals surface area contributed by atoms with Crippen LogP contribution in [0.25, 0.3) is 0 Å². The molecule has 1 unspecified atom stereocenters. The van der Waals surface area contributed by atoms with E-state index in [0.717, 1.165) is 0 Å². The third-order valence-corrected chi connectivity index (χ3v) is 5.64. The summed E-state index contributed by atoms with van der Waals surface area (Å²) in [6, 6.07) is 9.86. The van der Waals surface area contributed by atoms with Crippen LogP contribution in [0.4, 0.5) is 15.8 Å². The Kier molecular flexibility index (Phi) is 6.67. The highest BCUT2D eigenvalue weighted by molar-refractivity contribution is 6.44. The van der Waals surface area contributed by atoms with E-state index in [1.807, 2.05) is 0 Å². The van der Waals surface area contributed by atoms with Crippen molar-refractivity contribution >= 4 is 28.9 Å². The normalized spacial score (nSPS) is 15.0. The van der Waals surface area contributed by atoms with Crippen molar-refractivity contribution in [2.24, 2.45) is 17.9 Å². The zero-order chi connectivity index (χ0) is 25.1. The van der Waals surface area contributed by atoms with Crippen molar-refractivity contribution in [1.82, 2.24) is 9.78 Å². The summed E-state index contributed by atoms with van der Waals surface area (Å²) < 4.78 is 25.8. The number of methoxy groups -OCH3 is 2. The van der Waals surface area contributed by atoms with E-state index in [2.05, 4.69) is 10.2 Å². The quantitative estimate of drug-likeness (QED) is 0.529. The van der Waals surface area contributed by atoms with Crippen molar-refractivity contribution in [3.05, 3.63) is 66.2 Å². The number of hydrogen-bond donors (Lipinski definition) is 1. The van der Waals surface area contributed by atoms with Crippen LogP contribution >= 0.6 is 0 Å². The molecular formula is C24H25FN6O4. The number of benzene rings is 2. The molecule has 4 rings (SSSR count). The number of halogens is 1. The van der Waals surface area contributed by atoms with Crippen molar-refractivity contribution in [1.29, 1.82) is 0 Å². The first kappa shape index (κ1) is 23.7. The van der Waals surface area contributed by atoms with Gasteiger partial charge in [0.15, 0.2) is 0 Å². The van der Waals surface area contributed by atoms with Crippen LogP contribution in [0.2, 0.25) is 0 Å². The molecule has 2 N–H and O–H groups in total. The van der Waals surface area contributed by atoms with Gasteiger partial charge in [-0.25, -0.2) is 4.39 Å². The van der Waals surface area contributed by atoms with E-state index in [1.54, 1.807) is 56.5 Å². The molecule has 1 aliphatic heterocycles. The van der Waals surface area contributed by atoms with Gasteiger partial charge in [-0.15, -0.1) is 0 Å². The fraction of sp³-hybridized carbons (Fsp3) is 0.250. The lowest BCUT2D eigenvalue weighted by Crippen LogP contribution is -2.40. The smallest absolute Gasteiger partial charge is 0.274 e. The SMILES string of the molecule is COc1ccc(OC)c(CN(C(=O)C2=NN(c3ccc(F)cc3)C(C(N)=O)C2)c2cnn(C)c2)c1. The summed E-state index contributed by atoms with van der Waals surface area (Å²) in [4.78, 5) is 27.4. The molecule has 2 heterocycles.